The summed E-state index contributed by atoms with van der Waals surface area (Å²) in [5, 5.41) is 0. The molecule has 2 aliphatic rings. The van der Waals surface area contributed by atoms with E-state index in [1.54, 1.807) is 38.4 Å². The number of ketones is 1. The zero-order chi connectivity index (χ0) is 25.1. The van der Waals surface area contributed by atoms with Crippen LogP contribution in [0.15, 0.2) is 24.3 Å². The lowest BCUT2D eigenvalue weighted by Crippen LogP contribution is -2.38. The summed E-state index contributed by atoms with van der Waals surface area (Å²) in [6.45, 7) is 2.82. The highest BCUT2D eigenvalue weighted by molar-refractivity contribution is 6.43. The van der Waals surface area contributed by atoms with E-state index in [2.05, 4.69) is 24.1 Å². The van der Waals surface area contributed by atoms with Crippen LogP contribution < -0.4 is 18.9 Å². The molecule has 4 rings (SSSR count). The molecular formula is C27H34N2O6. The number of fused-ring (bicyclic) bond motifs is 2. The van der Waals surface area contributed by atoms with Crippen molar-refractivity contribution in [2.45, 2.75) is 25.2 Å². The molecule has 2 aromatic carbocycles. The summed E-state index contributed by atoms with van der Waals surface area (Å²) >= 11 is 0. The van der Waals surface area contributed by atoms with Gasteiger partial charge in [-0.05, 0) is 73.8 Å². The van der Waals surface area contributed by atoms with Gasteiger partial charge in [-0.2, -0.15) is 0 Å². The largest absolute Gasteiger partial charge is 0.493 e. The first-order valence-corrected chi connectivity index (χ1v) is 11.9. The molecule has 1 amide bonds. The number of carbonyl (C=O) groups excluding carboxylic acids is 2. The molecule has 8 heteroatoms. The lowest BCUT2D eigenvalue weighted by Gasteiger charge is -2.34. The number of carbonyl (C=O) groups is 2. The van der Waals surface area contributed by atoms with Crippen LogP contribution in [0.3, 0.4) is 0 Å². The van der Waals surface area contributed by atoms with Crippen molar-refractivity contribution in [3.05, 3.63) is 46.5 Å². The van der Waals surface area contributed by atoms with Gasteiger partial charge in [0.05, 0.1) is 28.4 Å². The third-order valence-electron chi connectivity index (χ3n) is 7.04. The molecule has 0 bridgehead atoms. The minimum Gasteiger partial charge on any atom is -0.493 e. The van der Waals surface area contributed by atoms with Crippen molar-refractivity contribution in [1.29, 1.82) is 0 Å². The number of rotatable bonds is 10. The number of nitrogens with zero attached hydrogens (tertiary/aromatic N) is 2. The number of Topliss-reactive ketones (excluding diaryl/α,β-unsaturated/α-hetero) is 1. The Morgan fingerprint density at radius 1 is 0.886 bits per heavy atom. The summed E-state index contributed by atoms with van der Waals surface area (Å²) in [7, 11) is 8.49. The third-order valence-corrected chi connectivity index (χ3v) is 7.04. The summed E-state index contributed by atoms with van der Waals surface area (Å²) < 4.78 is 21.5. The Morgan fingerprint density at radius 3 is 2.14 bits per heavy atom. The maximum atomic E-state index is 12.9. The summed E-state index contributed by atoms with van der Waals surface area (Å²) in [4.78, 5) is 29.8. The van der Waals surface area contributed by atoms with E-state index in [1.165, 1.54) is 18.2 Å². The average Bonchev–Trinajstić information content (AvgIpc) is 2.97. The van der Waals surface area contributed by atoms with Crippen LogP contribution in [0.5, 0.6) is 23.0 Å². The number of hydrogen-bond acceptors (Lipinski definition) is 7. The summed E-state index contributed by atoms with van der Waals surface area (Å²) in [6, 6.07) is 7.57. The minimum atomic E-state index is -0.484. The highest BCUT2D eigenvalue weighted by Crippen LogP contribution is 2.42. The molecular weight excluding hydrogens is 448 g/mol. The number of benzene rings is 2. The Balaban J connectivity index is 1.32. The van der Waals surface area contributed by atoms with Gasteiger partial charge in [-0.3, -0.25) is 9.59 Å². The topological polar surface area (TPSA) is 77.5 Å². The highest BCUT2D eigenvalue weighted by Gasteiger charge is 2.31. The van der Waals surface area contributed by atoms with Gasteiger partial charge in [-0.1, -0.05) is 0 Å². The third kappa shape index (κ3) is 4.93. The Labute approximate surface area is 206 Å². The number of amides is 1. The molecule has 0 fully saturated rings. The standard InChI is InChI=1S/C27H34N2O6/c1-28(16-19-11-18-13-23(33-3)24(34-4)14-20(18)19)8-6-9-29-10-7-17-12-22(32-2)25(35-5)15-21(17)26(30)27(29)31/h12-15,19H,6-11,16H2,1-5H3. The van der Waals surface area contributed by atoms with Gasteiger partial charge in [0.15, 0.2) is 23.0 Å². The Bertz CT molecular complexity index is 1120. The molecule has 1 aliphatic heterocycles. The summed E-state index contributed by atoms with van der Waals surface area (Å²) in [6.07, 6.45) is 2.42. The Kier molecular flexibility index (Phi) is 7.50. The molecule has 1 atom stereocenters. The molecule has 1 aliphatic carbocycles. The number of ether oxygens (including phenoxy) is 4. The van der Waals surface area contributed by atoms with Crippen molar-refractivity contribution in [2.24, 2.45) is 0 Å². The van der Waals surface area contributed by atoms with E-state index in [4.69, 9.17) is 18.9 Å². The van der Waals surface area contributed by atoms with Crippen molar-refractivity contribution in [3.8, 4) is 23.0 Å². The van der Waals surface area contributed by atoms with Crippen molar-refractivity contribution >= 4 is 11.7 Å². The first kappa shape index (κ1) is 24.9. The van der Waals surface area contributed by atoms with E-state index in [0.717, 1.165) is 43.0 Å². The lowest BCUT2D eigenvalue weighted by molar-refractivity contribution is -0.126. The highest BCUT2D eigenvalue weighted by atomic mass is 16.5. The molecule has 0 saturated heterocycles. The van der Waals surface area contributed by atoms with Gasteiger partial charge in [0.25, 0.3) is 11.7 Å². The van der Waals surface area contributed by atoms with Crippen molar-refractivity contribution < 1.29 is 28.5 Å². The minimum absolute atomic E-state index is 0.406. The smallest absolute Gasteiger partial charge is 0.294 e. The van der Waals surface area contributed by atoms with E-state index >= 15 is 0 Å². The maximum Gasteiger partial charge on any atom is 0.294 e. The average molecular weight is 483 g/mol. The summed E-state index contributed by atoms with van der Waals surface area (Å²) in [5.41, 5.74) is 3.84. The van der Waals surface area contributed by atoms with Crippen LogP contribution in [0.2, 0.25) is 0 Å². The van der Waals surface area contributed by atoms with E-state index in [1.807, 2.05) is 0 Å². The quantitative estimate of drug-likeness (QED) is 0.482. The number of hydrogen-bond donors (Lipinski definition) is 0. The lowest BCUT2D eigenvalue weighted by atomic mass is 9.77. The van der Waals surface area contributed by atoms with Crippen LogP contribution in [0.1, 0.15) is 39.4 Å². The fourth-order valence-electron chi connectivity index (χ4n) is 5.07. The second kappa shape index (κ2) is 10.6. The molecule has 0 aromatic heterocycles. The maximum absolute atomic E-state index is 12.9. The van der Waals surface area contributed by atoms with Crippen LogP contribution in [0, 0.1) is 0 Å². The first-order chi connectivity index (χ1) is 16.9. The predicted octanol–water partition coefficient (Wildman–Crippen LogP) is 2.95. The van der Waals surface area contributed by atoms with Gasteiger partial charge in [0.1, 0.15) is 0 Å². The monoisotopic (exact) mass is 482 g/mol. The van der Waals surface area contributed by atoms with Crippen LogP contribution >= 0.6 is 0 Å². The van der Waals surface area contributed by atoms with Gasteiger partial charge >= 0.3 is 0 Å². The van der Waals surface area contributed by atoms with Crippen molar-refractivity contribution in [1.82, 2.24) is 9.80 Å². The first-order valence-electron chi connectivity index (χ1n) is 11.9. The second-order valence-corrected chi connectivity index (χ2v) is 9.16. The van der Waals surface area contributed by atoms with Crippen LogP contribution in [0.4, 0.5) is 0 Å². The van der Waals surface area contributed by atoms with Crippen LogP contribution in [0.25, 0.3) is 0 Å². The molecule has 35 heavy (non-hydrogen) atoms. The van der Waals surface area contributed by atoms with E-state index in [0.29, 0.717) is 42.5 Å². The van der Waals surface area contributed by atoms with Gasteiger partial charge < -0.3 is 28.7 Å². The number of likely N-dealkylation sites (N-methyl/N-ethyl adjacent to an activating group) is 1. The van der Waals surface area contributed by atoms with Crippen molar-refractivity contribution in [3.63, 3.8) is 0 Å². The zero-order valence-electron chi connectivity index (χ0n) is 21.2. The van der Waals surface area contributed by atoms with E-state index in [-0.39, 0.29) is 0 Å². The SMILES string of the molecule is COc1cc2c(cc1OC)C(=O)C(=O)N(CCCN(C)CC1Cc3cc(OC)c(OC)cc31)CC2. The van der Waals surface area contributed by atoms with Gasteiger partial charge in [-0.15, -0.1) is 0 Å². The second-order valence-electron chi connectivity index (χ2n) is 9.16. The molecule has 188 valence electrons. The van der Waals surface area contributed by atoms with Gasteiger partial charge in [0.2, 0.25) is 0 Å². The zero-order valence-corrected chi connectivity index (χ0v) is 21.2. The molecule has 0 radical (unpaired) electrons. The fraction of sp³-hybridized carbons (Fsp3) is 0.481. The van der Waals surface area contributed by atoms with Gasteiger partial charge in [0, 0.05) is 31.1 Å². The Morgan fingerprint density at radius 2 is 1.49 bits per heavy atom. The summed E-state index contributed by atoms with van der Waals surface area (Å²) in [5.74, 6) is 2.07. The van der Waals surface area contributed by atoms with Crippen LogP contribution in [-0.4, -0.2) is 83.2 Å². The fourth-order valence-corrected chi connectivity index (χ4v) is 5.07. The molecule has 0 N–H and O–H groups in total. The van der Waals surface area contributed by atoms with Crippen LogP contribution in [-0.2, 0) is 17.6 Å². The molecule has 8 nitrogen and oxygen atoms in total. The molecule has 0 saturated carbocycles. The normalized spacial score (nSPS) is 16.9. The number of methoxy groups -OCH3 is 4. The van der Waals surface area contributed by atoms with Gasteiger partial charge in [-0.25, -0.2) is 0 Å². The molecule has 1 heterocycles. The van der Waals surface area contributed by atoms with E-state index in [9.17, 15) is 9.59 Å². The molecule has 0 spiro atoms. The molecule has 1 unspecified atom stereocenters. The van der Waals surface area contributed by atoms with E-state index < -0.39 is 11.7 Å². The Hall–Kier alpha value is -3.26. The van der Waals surface area contributed by atoms with Crippen molar-refractivity contribution in [2.75, 3.05) is 61.7 Å². The predicted molar refractivity (Wildman–Crippen MR) is 132 cm³/mol. The molecule has 2 aromatic rings.